The van der Waals surface area contributed by atoms with Crippen LogP contribution in [0.4, 0.5) is 5.69 Å². The summed E-state index contributed by atoms with van der Waals surface area (Å²) in [6.07, 6.45) is 2.91. The van der Waals surface area contributed by atoms with E-state index >= 15 is 0 Å². The van der Waals surface area contributed by atoms with Crippen molar-refractivity contribution in [2.24, 2.45) is 0 Å². The van der Waals surface area contributed by atoms with Crippen molar-refractivity contribution in [1.82, 2.24) is 0 Å². The summed E-state index contributed by atoms with van der Waals surface area (Å²) in [4.78, 5) is 25.7. The third-order valence-electron chi connectivity index (χ3n) is 3.35. The molecule has 122 valence electrons. The molecule has 0 fully saturated rings. The van der Waals surface area contributed by atoms with Crippen molar-refractivity contribution < 1.29 is 14.3 Å². The number of ether oxygens (including phenoxy) is 1. The van der Waals surface area contributed by atoms with Crippen LogP contribution in [0.25, 0.3) is 0 Å². The summed E-state index contributed by atoms with van der Waals surface area (Å²) < 4.78 is 5.11. The van der Waals surface area contributed by atoms with Crippen molar-refractivity contribution in [2.75, 3.05) is 11.9 Å². The van der Waals surface area contributed by atoms with Gasteiger partial charge in [0.15, 0.2) is 6.61 Å². The minimum Gasteiger partial charge on any atom is -0.451 e. The van der Waals surface area contributed by atoms with Gasteiger partial charge in [-0.2, -0.15) is 0 Å². The first-order valence-corrected chi connectivity index (χ1v) is 8.59. The average molecular weight is 331 g/mol. The Balaban J connectivity index is 1.90. The molecule has 0 spiro atoms. The lowest BCUT2D eigenvalue weighted by Gasteiger charge is -2.05. The molecule has 2 aromatic rings. The number of carbonyl (C=O) groups is 2. The van der Waals surface area contributed by atoms with Gasteiger partial charge in [-0.25, -0.2) is 4.79 Å². The van der Waals surface area contributed by atoms with E-state index < -0.39 is 5.97 Å². The van der Waals surface area contributed by atoms with E-state index in [1.165, 1.54) is 21.8 Å². The van der Waals surface area contributed by atoms with Crippen molar-refractivity contribution in [3.8, 4) is 0 Å². The van der Waals surface area contributed by atoms with Gasteiger partial charge in [-0.05, 0) is 36.6 Å². The molecule has 0 aliphatic rings. The van der Waals surface area contributed by atoms with E-state index in [2.05, 4.69) is 19.2 Å². The fraction of sp³-hybridized carbons (Fsp3) is 0.333. The summed E-state index contributed by atoms with van der Waals surface area (Å²) in [5.74, 6) is -0.777. The third kappa shape index (κ3) is 4.93. The largest absolute Gasteiger partial charge is 0.451 e. The second-order valence-corrected chi connectivity index (χ2v) is 6.29. The Morgan fingerprint density at radius 3 is 2.57 bits per heavy atom. The van der Waals surface area contributed by atoms with E-state index in [0.29, 0.717) is 10.6 Å². The van der Waals surface area contributed by atoms with Crippen LogP contribution in [0.2, 0.25) is 0 Å². The summed E-state index contributed by atoms with van der Waals surface area (Å²) in [7, 11) is 0. The molecular formula is C18H21NO3S. The molecule has 0 aliphatic carbocycles. The van der Waals surface area contributed by atoms with E-state index in [1.54, 1.807) is 12.1 Å². The van der Waals surface area contributed by atoms with Crippen molar-refractivity contribution in [3.05, 3.63) is 51.7 Å². The van der Waals surface area contributed by atoms with Crippen molar-refractivity contribution in [2.45, 2.75) is 33.1 Å². The molecular weight excluding hydrogens is 310 g/mol. The minimum atomic E-state index is -0.435. The number of benzene rings is 1. The van der Waals surface area contributed by atoms with E-state index in [1.807, 2.05) is 24.3 Å². The molecule has 1 heterocycles. The van der Waals surface area contributed by atoms with Gasteiger partial charge in [0.05, 0.1) is 0 Å². The molecule has 23 heavy (non-hydrogen) atoms. The highest BCUT2D eigenvalue weighted by Gasteiger charge is 2.16. The van der Waals surface area contributed by atoms with Crippen LogP contribution in [0.1, 0.15) is 40.4 Å². The van der Waals surface area contributed by atoms with Crippen LogP contribution in [-0.4, -0.2) is 18.5 Å². The zero-order valence-corrected chi connectivity index (χ0v) is 14.2. The smallest absolute Gasteiger partial charge is 0.348 e. The first-order chi connectivity index (χ1) is 11.1. The maximum Gasteiger partial charge on any atom is 0.348 e. The van der Waals surface area contributed by atoms with Crippen LogP contribution in [0.5, 0.6) is 0 Å². The van der Waals surface area contributed by atoms with Gasteiger partial charge in [0, 0.05) is 10.6 Å². The third-order valence-corrected chi connectivity index (χ3v) is 4.56. The average Bonchev–Trinajstić information content (AvgIpc) is 2.97. The highest BCUT2D eigenvalue weighted by atomic mass is 32.1. The monoisotopic (exact) mass is 331 g/mol. The molecule has 4 nitrogen and oxygen atoms in total. The number of anilines is 1. The molecule has 1 aromatic heterocycles. The molecule has 1 N–H and O–H groups in total. The molecule has 0 saturated heterocycles. The number of rotatable bonds is 7. The highest BCUT2D eigenvalue weighted by molar-refractivity contribution is 7.14. The molecule has 1 amide bonds. The number of carbonyl (C=O) groups excluding carboxylic acids is 2. The maximum atomic E-state index is 12.1. The Morgan fingerprint density at radius 2 is 1.91 bits per heavy atom. The van der Waals surface area contributed by atoms with E-state index in [-0.39, 0.29) is 12.5 Å². The summed E-state index contributed by atoms with van der Waals surface area (Å²) in [5, 5.41) is 2.68. The topological polar surface area (TPSA) is 55.4 Å². The second-order valence-electron chi connectivity index (χ2n) is 5.15. The number of para-hydroxylation sites is 1. The summed E-state index contributed by atoms with van der Waals surface area (Å²) in [6, 6.07) is 11.0. The van der Waals surface area contributed by atoms with E-state index in [4.69, 9.17) is 4.74 Å². The van der Waals surface area contributed by atoms with Gasteiger partial charge < -0.3 is 10.1 Å². The number of hydrogen-bond acceptors (Lipinski definition) is 4. The Bertz CT molecular complexity index is 664. The fourth-order valence-corrected chi connectivity index (χ4v) is 3.48. The first-order valence-electron chi connectivity index (χ1n) is 7.77. The first kappa shape index (κ1) is 17.2. The minimum absolute atomic E-state index is 0.282. The van der Waals surface area contributed by atoms with Gasteiger partial charge in [-0.1, -0.05) is 38.5 Å². The predicted molar refractivity (Wildman–Crippen MR) is 93.0 cm³/mol. The highest BCUT2D eigenvalue weighted by Crippen LogP contribution is 2.25. The summed E-state index contributed by atoms with van der Waals surface area (Å²) in [6.45, 7) is 3.91. The quantitative estimate of drug-likeness (QED) is 0.779. The number of aryl methyl sites for hydroxylation is 2. The molecule has 1 aromatic carbocycles. The number of hydrogen-bond donors (Lipinski definition) is 1. The van der Waals surface area contributed by atoms with E-state index in [9.17, 15) is 9.59 Å². The van der Waals surface area contributed by atoms with Crippen LogP contribution in [0, 0.1) is 0 Å². The molecule has 0 radical (unpaired) electrons. The van der Waals surface area contributed by atoms with Crippen LogP contribution in [0.15, 0.2) is 36.4 Å². The molecule has 0 atom stereocenters. The molecule has 5 heteroatoms. The van der Waals surface area contributed by atoms with Crippen LogP contribution < -0.4 is 5.32 Å². The zero-order valence-electron chi connectivity index (χ0n) is 13.4. The standard InChI is InChI=1S/C18H21NO3S/c1-3-8-15-13(4-2)11-16(23-15)18(21)22-12-17(20)19-14-9-6-5-7-10-14/h5-7,9-11H,3-4,8,12H2,1-2H3,(H,19,20). The molecule has 0 bridgehead atoms. The SMILES string of the molecule is CCCc1sc(C(=O)OCC(=O)Nc2ccccc2)cc1CC. The number of nitrogens with one attached hydrogen (secondary N) is 1. The Hall–Kier alpha value is -2.14. The fourth-order valence-electron chi connectivity index (χ4n) is 2.23. The predicted octanol–water partition coefficient (Wildman–Crippen LogP) is 4.06. The van der Waals surface area contributed by atoms with Crippen LogP contribution >= 0.6 is 11.3 Å². The van der Waals surface area contributed by atoms with Crippen molar-refractivity contribution >= 4 is 28.9 Å². The lowest BCUT2D eigenvalue weighted by molar-refractivity contribution is -0.119. The zero-order chi connectivity index (χ0) is 16.7. The van der Waals surface area contributed by atoms with Gasteiger partial charge in [0.25, 0.3) is 5.91 Å². The van der Waals surface area contributed by atoms with Gasteiger partial charge in [0.2, 0.25) is 0 Å². The lowest BCUT2D eigenvalue weighted by atomic mass is 10.1. The van der Waals surface area contributed by atoms with Crippen LogP contribution in [0.3, 0.4) is 0 Å². The summed E-state index contributed by atoms with van der Waals surface area (Å²) in [5.41, 5.74) is 1.88. The number of thiophene rings is 1. The normalized spacial score (nSPS) is 10.3. The molecule has 0 aliphatic heterocycles. The van der Waals surface area contributed by atoms with Gasteiger partial charge in [-0.15, -0.1) is 11.3 Å². The van der Waals surface area contributed by atoms with Crippen molar-refractivity contribution in [3.63, 3.8) is 0 Å². The van der Waals surface area contributed by atoms with Gasteiger partial charge in [0.1, 0.15) is 4.88 Å². The lowest BCUT2D eigenvalue weighted by Crippen LogP contribution is -2.20. The Morgan fingerprint density at radius 1 is 1.17 bits per heavy atom. The number of esters is 1. The Labute approximate surface area is 140 Å². The van der Waals surface area contributed by atoms with E-state index in [0.717, 1.165) is 19.3 Å². The van der Waals surface area contributed by atoms with Gasteiger partial charge in [-0.3, -0.25) is 4.79 Å². The second kappa shape index (κ2) is 8.48. The van der Waals surface area contributed by atoms with Crippen molar-refractivity contribution in [1.29, 1.82) is 0 Å². The molecule has 0 unspecified atom stereocenters. The van der Waals surface area contributed by atoms with Gasteiger partial charge >= 0.3 is 5.97 Å². The summed E-state index contributed by atoms with van der Waals surface area (Å²) >= 11 is 1.47. The Kier molecular flexibility index (Phi) is 6.35. The van der Waals surface area contributed by atoms with Crippen LogP contribution in [-0.2, 0) is 22.4 Å². The molecule has 0 saturated carbocycles. The molecule has 2 rings (SSSR count). The maximum absolute atomic E-state index is 12.1. The number of amides is 1.